The number of aromatic nitrogens is 2. The molecule has 1 amide bonds. The third-order valence-corrected chi connectivity index (χ3v) is 6.79. The van der Waals surface area contributed by atoms with Crippen LogP contribution in [-0.4, -0.2) is 90.2 Å². The van der Waals surface area contributed by atoms with E-state index >= 15 is 0 Å². The summed E-state index contributed by atoms with van der Waals surface area (Å²) < 4.78 is 5.76. The van der Waals surface area contributed by atoms with Gasteiger partial charge in [0.2, 0.25) is 5.91 Å². The Hall–Kier alpha value is -3.21. The number of ether oxygens (including phenoxy) is 1. The summed E-state index contributed by atoms with van der Waals surface area (Å²) in [6, 6.07) is 5.08. The summed E-state index contributed by atoms with van der Waals surface area (Å²) in [5, 5.41) is 32.0. The van der Waals surface area contributed by atoms with Crippen LogP contribution in [0.4, 0.5) is 5.82 Å². The number of carbonyl (C=O) groups excluding carboxylic acids is 1. The summed E-state index contributed by atoms with van der Waals surface area (Å²) >= 11 is 6.58. The van der Waals surface area contributed by atoms with Crippen LogP contribution in [0, 0.1) is 17.7 Å². The smallest absolute Gasteiger partial charge is 0.231 e. The molecule has 2 aromatic rings. The van der Waals surface area contributed by atoms with Crippen molar-refractivity contribution in [3.8, 4) is 17.1 Å². The third kappa shape index (κ3) is 6.09. The predicted octanol–water partition coefficient (Wildman–Crippen LogP) is 3.31. The Balaban J connectivity index is 2.11. The van der Waals surface area contributed by atoms with E-state index in [9.17, 15) is 15.0 Å². The molecule has 1 aliphatic rings. The lowest BCUT2D eigenvalue weighted by atomic mass is 9.80. The third-order valence-electron chi connectivity index (χ3n) is 6.46. The largest absolute Gasteiger partial charge is 0.512 e. The molecule has 10 nitrogen and oxygen atoms in total. The van der Waals surface area contributed by atoms with Crippen molar-refractivity contribution in [3.05, 3.63) is 40.2 Å². The van der Waals surface area contributed by atoms with Crippen LogP contribution in [0.25, 0.3) is 17.0 Å². The van der Waals surface area contributed by atoms with Crippen molar-refractivity contribution in [2.45, 2.75) is 33.8 Å². The topological polar surface area (TPSA) is 135 Å². The van der Waals surface area contributed by atoms with Crippen molar-refractivity contribution in [2.75, 3.05) is 52.3 Å². The van der Waals surface area contributed by atoms with E-state index in [2.05, 4.69) is 5.32 Å². The number of hydrogen-bond acceptors (Lipinski definition) is 9. The number of allylic oxidation sites excluding steroid dienone is 2. The van der Waals surface area contributed by atoms with Crippen LogP contribution >= 0.6 is 11.6 Å². The summed E-state index contributed by atoms with van der Waals surface area (Å²) in [5.74, 6) is 1.38. The van der Waals surface area contributed by atoms with Crippen molar-refractivity contribution in [2.24, 2.45) is 5.41 Å². The maximum absolute atomic E-state index is 12.7. The average Bonchev–Trinajstić information content (AvgIpc) is 2.82. The first-order chi connectivity index (χ1) is 17.8. The number of nitrogens with zero attached hydrogens (tertiary/aromatic N) is 4. The van der Waals surface area contributed by atoms with Gasteiger partial charge < -0.3 is 35.5 Å². The zero-order valence-corrected chi connectivity index (χ0v) is 23.8. The van der Waals surface area contributed by atoms with Crippen molar-refractivity contribution in [1.82, 2.24) is 20.2 Å². The van der Waals surface area contributed by atoms with Crippen molar-refractivity contribution in [1.29, 1.82) is 5.41 Å². The van der Waals surface area contributed by atoms with Gasteiger partial charge in [0.15, 0.2) is 5.82 Å². The Morgan fingerprint density at radius 2 is 1.97 bits per heavy atom. The van der Waals surface area contributed by atoms with E-state index in [0.717, 1.165) is 0 Å². The minimum absolute atomic E-state index is 0.0332. The van der Waals surface area contributed by atoms with E-state index in [1.54, 1.807) is 51.2 Å². The van der Waals surface area contributed by atoms with Gasteiger partial charge in [-0.25, -0.2) is 9.97 Å². The molecular formula is C27H37ClN6O4. The number of amides is 1. The van der Waals surface area contributed by atoms with Crippen LogP contribution in [0.2, 0.25) is 5.02 Å². The van der Waals surface area contributed by atoms with E-state index in [0.29, 0.717) is 64.4 Å². The Morgan fingerprint density at radius 1 is 1.32 bits per heavy atom. The number of hydrogen-bond donors (Lipinski definition) is 4. The summed E-state index contributed by atoms with van der Waals surface area (Å²) in [5.41, 5.74) is 1.50. The highest BCUT2D eigenvalue weighted by atomic mass is 35.5. The zero-order valence-electron chi connectivity index (χ0n) is 23.0. The van der Waals surface area contributed by atoms with Gasteiger partial charge >= 0.3 is 0 Å². The molecule has 1 atom stereocenters. The molecule has 1 aromatic heterocycles. The van der Waals surface area contributed by atoms with Crippen LogP contribution < -0.4 is 15.0 Å². The van der Waals surface area contributed by atoms with E-state index in [1.807, 2.05) is 18.7 Å². The van der Waals surface area contributed by atoms with E-state index in [4.69, 9.17) is 31.7 Å². The first-order valence-corrected chi connectivity index (χ1v) is 12.7. The second-order valence-electron chi connectivity index (χ2n) is 10.2. The van der Waals surface area contributed by atoms with E-state index < -0.39 is 11.5 Å². The molecule has 4 N–H and O–H groups in total. The van der Waals surface area contributed by atoms with Gasteiger partial charge in [-0.3, -0.25) is 4.79 Å². The standard InChI is InChI=1S/C27H37ClN6O4/c1-15-23(22(16(2)29)17(3)35)31-24(32-25(15)34-13-27(4,14-34)26(37)33(6)7)20-10-19(8-9-21(20)28)38-12-18(36)11-30-5/h8-10,18,29-30,35-36H,11-14H2,1-7H3/b22-17+,29-16?/t18-/m1/s1. The van der Waals surface area contributed by atoms with Gasteiger partial charge in [-0.2, -0.15) is 0 Å². The van der Waals surface area contributed by atoms with Gasteiger partial charge in [0.25, 0.3) is 0 Å². The monoisotopic (exact) mass is 544 g/mol. The molecule has 1 saturated heterocycles. The predicted molar refractivity (Wildman–Crippen MR) is 150 cm³/mol. The molecular weight excluding hydrogens is 508 g/mol. The maximum Gasteiger partial charge on any atom is 0.231 e. The number of aliphatic hydroxyl groups excluding tert-OH is 2. The Kier molecular flexibility index (Phi) is 9.01. The van der Waals surface area contributed by atoms with Gasteiger partial charge in [-0.15, -0.1) is 0 Å². The minimum atomic E-state index is -0.686. The Labute approximate surface area is 228 Å². The van der Waals surface area contributed by atoms with Crippen molar-refractivity contribution >= 4 is 34.6 Å². The lowest BCUT2D eigenvalue weighted by Crippen LogP contribution is -2.62. The highest BCUT2D eigenvalue weighted by Gasteiger charge is 2.47. The maximum atomic E-state index is 12.7. The minimum Gasteiger partial charge on any atom is -0.512 e. The quantitative estimate of drug-likeness (QED) is 0.264. The molecule has 0 aliphatic carbocycles. The normalized spacial score (nSPS) is 15.9. The fraction of sp³-hybridized carbons (Fsp3) is 0.481. The zero-order chi connectivity index (χ0) is 28.4. The number of rotatable bonds is 10. The van der Waals surface area contributed by atoms with Gasteiger partial charge in [-0.05, 0) is 52.9 Å². The second-order valence-corrected chi connectivity index (χ2v) is 10.6. The number of likely N-dealkylation sites (N-methyl/N-ethyl adjacent to an activating group) is 1. The Morgan fingerprint density at radius 3 is 2.53 bits per heavy atom. The molecule has 3 rings (SSSR count). The number of nitrogens with one attached hydrogen (secondary N) is 2. The second kappa shape index (κ2) is 11.7. The molecule has 0 unspecified atom stereocenters. The van der Waals surface area contributed by atoms with Crippen molar-refractivity contribution < 1.29 is 19.7 Å². The molecule has 0 saturated carbocycles. The lowest BCUT2D eigenvalue weighted by Gasteiger charge is -2.48. The molecule has 1 aromatic carbocycles. The number of anilines is 1. The molecule has 1 fully saturated rings. The fourth-order valence-electron chi connectivity index (χ4n) is 4.67. The molecule has 1 aliphatic heterocycles. The molecule has 38 heavy (non-hydrogen) atoms. The van der Waals surface area contributed by atoms with Gasteiger partial charge in [0.1, 0.15) is 30.0 Å². The van der Waals surface area contributed by atoms with Crippen LogP contribution in [-0.2, 0) is 4.79 Å². The highest BCUT2D eigenvalue weighted by Crippen LogP contribution is 2.40. The highest BCUT2D eigenvalue weighted by molar-refractivity contribution is 6.33. The first kappa shape index (κ1) is 29.3. The SMILES string of the molecule is CNC[C@@H](O)COc1ccc(Cl)c(-c2nc(/C(C(C)=N)=C(\C)O)c(C)c(N3CC(C)(C(=O)N(C)C)C3)n2)c1. The summed E-state index contributed by atoms with van der Waals surface area (Å²) in [6.07, 6.45) is -0.686. The number of carbonyl (C=O) groups is 1. The van der Waals surface area contributed by atoms with Crippen LogP contribution in [0.15, 0.2) is 24.0 Å². The van der Waals surface area contributed by atoms with Crippen LogP contribution in [0.3, 0.4) is 0 Å². The summed E-state index contributed by atoms with van der Waals surface area (Å²) in [6.45, 7) is 8.26. The van der Waals surface area contributed by atoms with Gasteiger partial charge in [0.05, 0.1) is 21.7 Å². The van der Waals surface area contributed by atoms with E-state index in [1.165, 1.54) is 6.92 Å². The van der Waals surface area contributed by atoms with Crippen LogP contribution in [0.1, 0.15) is 32.0 Å². The molecule has 0 bridgehead atoms. The average molecular weight is 545 g/mol. The molecule has 0 spiro atoms. The molecule has 2 heterocycles. The lowest BCUT2D eigenvalue weighted by molar-refractivity contribution is -0.140. The molecule has 206 valence electrons. The van der Waals surface area contributed by atoms with E-state index in [-0.39, 0.29) is 24.0 Å². The fourth-order valence-corrected chi connectivity index (χ4v) is 4.87. The van der Waals surface area contributed by atoms with Gasteiger partial charge in [-0.1, -0.05) is 11.6 Å². The number of aliphatic hydroxyl groups is 2. The van der Waals surface area contributed by atoms with Crippen LogP contribution in [0.5, 0.6) is 5.75 Å². The summed E-state index contributed by atoms with van der Waals surface area (Å²) in [7, 11) is 5.23. The summed E-state index contributed by atoms with van der Waals surface area (Å²) in [4.78, 5) is 25.9. The Bertz CT molecular complexity index is 1250. The first-order valence-electron chi connectivity index (χ1n) is 12.4. The number of halogens is 1. The number of benzene rings is 1. The van der Waals surface area contributed by atoms with Crippen molar-refractivity contribution in [3.63, 3.8) is 0 Å². The molecule has 0 radical (unpaired) electrons. The van der Waals surface area contributed by atoms with Gasteiger partial charge in [0, 0.05) is 50.6 Å². The molecule has 11 heteroatoms.